The molecule has 1 aliphatic carbocycles. The van der Waals surface area contributed by atoms with E-state index in [9.17, 15) is 4.39 Å². The predicted octanol–water partition coefficient (Wildman–Crippen LogP) is 8.38. The minimum atomic E-state index is -0.000915. The molecule has 1 aromatic rings. The van der Waals surface area contributed by atoms with Crippen molar-refractivity contribution in [2.24, 2.45) is 0 Å². The van der Waals surface area contributed by atoms with Crippen LogP contribution < -0.4 is 5.32 Å². The zero-order valence-electron chi connectivity index (χ0n) is 22.6. The van der Waals surface area contributed by atoms with Gasteiger partial charge in [-0.1, -0.05) is 94.1 Å². The van der Waals surface area contributed by atoms with Gasteiger partial charge in [-0.15, -0.1) is 0 Å². The van der Waals surface area contributed by atoms with E-state index < -0.39 is 0 Å². The lowest BCUT2D eigenvalue weighted by Gasteiger charge is -2.20. The molecule has 1 fully saturated rings. The number of allylic oxidation sites excluding steroid dienone is 7. The van der Waals surface area contributed by atoms with Gasteiger partial charge in [-0.25, -0.2) is 4.39 Å². The van der Waals surface area contributed by atoms with Crippen LogP contribution in [0.25, 0.3) is 0 Å². The summed E-state index contributed by atoms with van der Waals surface area (Å²) < 4.78 is 12.8. The molecule has 0 spiro atoms. The van der Waals surface area contributed by atoms with Crippen molar-refractivity contribution in [2.75, 3.05) is 27.2 Å². The number of hydrogen-bond acceptors (Lipinski definition) is 2. The smallest absolute Gasteiger partial charge is 0.100 e. The summed E-state index contributed by atoms with van der Waals surface area (Å²) in [5.74, 6) is 0.398. The number of nitrogens with one attached hydrogen (secondary N) is 1. The Hall–Kier alpha value is -2.23. The molecule has 1 unspecified atom stereocenters. The van der Waals surface area contributed by atoms with Gasteiger partial charge in [-0.2, -0.15) is 0 Å². The van der Waals surface area contributed by atoms with E-state index in [1.165, 1.54) is 36.1 Å². The molecule has 2 atom stereocenters. The molecule has 0 aromatic heterocycles. The van der Waals surface area contributed by atoms with Crippen molar-refractivity contribution < 1.29 is 4.39 Å². The van der Waals surface area contributed by atoms with Crippen LogP contribution in [0.4, 0.5) is 4.39 Å². The van der Waals surface area contributed by atoms with E-state index in [1.54, 1.807) is 6.08 Å². The predicted molar refractivity (Wildman–Crippen MR) is 151 cm³/mol. The second-order valence-electron chi connectivity index (χ2n) is 8.45. The Morgan fingerprint density at radius 1 is 1.15 bits per heavy atom. The molecule has 1 heterocycles. The van der Waals surface area contributed by atoms with Crippen LogP contribution in [0, 0.1) is 0 Å². The molecule has 1 aromatic carbocycles. The van der Waals surface area contributed by atoms with Crippen LogP contribution in [-0.2, 0) is 0 Å². The SMILES string of the molecule is C=C/C=C(\C=C)CCN1CCC[C@H]1C.CC.CC(C1=CC=C(F)CC1)c1ccccc1.CNC. The van der Waals surface area contributed by atoms with Gasteiger partial charge in [0.15, 0.2) is 0 Å². The van der Waals surface area contributed by atoms with Crippen LogP contribution >= 0.6 is 0 Å². The summed E-state index contributed by atoms with van der Waals surface area (Å²) in [5, 5.41) is 2.75. The normalized spacial score (nSPS) is 18.4. The fraction of sp³-hybridized carbons (Fsp3) is 0.484. The molecular formula is C31H49FN2. The van der Waals surface area contributed by atoms with Gasteiger partial charge in [0.2, 0.25) is 0 Å². The van der Waals surface area contributed by atoms with Gasteiger partial charge in [0.05, 0.1) is 0 Å². The summed E-state index contributed by atoms with van der Waals surface area (Å²) in [6.07, 6.45) is 14.6. The summed E-state index contributed by atoms with van der Waals surface area (Å²) in [4.78, 5) is 2.56. The molecular weight excluding hydrogens is 419 g/mol. The first-order chi connectivity index (χ1) is 16.5. The number of rotatable bonds is 7. The lowest BCUT2D eigenvalue weighted by atomic mass is 9.88. The Kier molecular flexibility index (Phi) is 18.8. The highest BCUT2D eigenvalue weighted by Crippen LogP contribution is 2.31. The molecule has 0 bridgehead atoms. The van der Waals surface area contributed by atoms with Gasteiger partial charge in [0.25, 0.3) is 0 Å². The van der Waals surface area contributed by atoms with Crippen molar-refractivity contribution in [1.82, 2.24) is 10.2 Å². The molecule has 0 radical (unpaired) electrons. The lowest BCUT2D eigenvalue weighted by Crippen LogP contribution is -2.27. The van der Waals surface area contributed by atoms with Crippen molar-refractivity contribution in [1.29, 1.82) is 0 Å². The maximum Gasteiger partial charge on any atom is 0.100 e. The monoisotopic (exact) mass is 468 g/mol. The van der Waals surface area contributed by atoms with E-state index in [1.807, 2.05) is 70.4 Å². The van der Waals surface area contributed by atoms with Crippen LogP contribution in [-0.4, -0.2) is 38.1 Å². The Bertz CT molecular complexity index is 761. The van der Waals surface area contributed by atoms with Gasteiger partial charge >= 0.3 is 0 Å². The number of halogens is 1. The fourth-order valence-electron chi connectivity index (χ4n) is 3.95. The first-order valence-corrected chi connectivity index (χ1v) is 12.8. The lowest BCUT2D eigenvalue weighted by molar-refractivity contribution is 0.273. The molecule has 190 valence electrons. The summed E-state index contributed by atoms with van der Waals surface area (Å²) in [6, 6.07) is 11.1. The van der Waals surface area contributed by atoms with Gasteiger partial charge in [-0.3, -0.25) is 0 Å². The Morgan fingerprint density at radius 2 is 1.79 bits per heavy atom. The van der Waals surface area contributed by atoms with Crippen LogP contribution in [0.2, 0.25) is 0 Å². The van der Waals surface area contributed by atoms with E-state index in [-0.39, 0.29) is 5.83 Å². The number of nitrogens with zero attached hydrogens (tertiary/aromatic N) is 1. The Balaban J connectivity index is 0.000000540. The molecule has 34 heavy (non-hydrogen) atoms. The van der Waals surface area contributed by atoms with E-state index in [0.29, 0.717) is 12.3 Å². The summed E-state index contributed by atoms with van der Waals surface area (Å²) in [6.45, 7) is 18.4. The number of likely N-dealkylation sites (tertiary alicyclic amines) is 1. The van der Waals surface area contributed by atoms with Gasteiger partial charge in [0, 0.05) is 24.9 Å². The molecule has 3 rings (SSSR count). The van der Waals surface area contributed by atoms with Crippen LogP contribution in [0.1, 0.15) is 71.3 Å². The highest BCUT2D eigenvalue weighted by Gasteiger charge is 2.19. The van der Waals surface area contributed by atoms with Crippen LogP contribution in [0.5, 0.6) is 0 Å². The Morgan fingerprint density at radius 3 is 2.26 bits per heavy atom. The maximum atomic E-state index is 12.8. The standard InChI is InChI=1S/C14H15F.C13H21N.C2H7N.C2H6/c1-11(12-5-3-2-4-6-12)13-7-9-14(15)10-8-13;1-4-7-13(5-2)9-11-14-10-6-8-12(14)3;1-3-2;1-2/h2-7,9,11H,8,10H2,1H3;4-5,7,12H,1-2,6,8-11H2,3H3;3H,1-2H3;1-2H3/b;13-7+;;/t;12-;;/m.1../s1. The summed E-state index contributed by atoms with van der Waals surface area (Å²) >= 11 is 0. The third kappa shape index (κ3) is 12.9. The maximum absolute atomic E-state index is 12.8. The van der Waals surface area contributed by atoms with Crippen molar-refractivity contribution in [2.45, 2.75) is 71.8 Å². The second-order valence-corrected chi connectivity index (χ2v) is 8.45. The van der Waals surface area contributed by atoms with Gasteiger partial charge in [0.1, 0.15) is 5.83 Å². The van der Waals surface area contributed by atoms with Crippen LogP contribution in [0.3, 0.4) is 0 Å². The third-order valence-electron chi connectivity index (χ3n) is 5.96. The van der Waals surface area contributed by atoms with Crippen molar-refractivity contribution in [3.05, 3.63) is 96.4 Å². The van der Waals surface area contributed by atoms with E-state index >= 15 is 0 Å². The zero-order valence-corrected chi connectivity index (χ0v) is 22.6. The average Bonchev–Trinajstić information content (AvgIpc) is 3.29. The van der Waals surface area contributed by atoms with E-state index in [4.69, 9.17) is 0 Å². The second kappa shape index (κ2) is 20.2. The Labute approximate surface area is 210 Å². The third-order valence-corrected chi connectivity index (χ3v) is 5.96. The molecule has 1 aliphatic heterocycles. The van der Waals surface area contributed by atoms with E-state index in [0.717, 1.165) is 25.4 Å². The minimum Gasteiger partial charge on any atom is -0.323 e. The van der Waals surface area contributed by atoms with Crippen molar-refractivity contribution >= 4 is 0 Å². The van der Waals surface area contributed by atoms with E-state index in [2.05, 4.69) is 49.4 Å². The highest BCUT2D eigenvalue weighted by molar-refractivity contribution is 5.32. The van der Waals surface area contributed by atoms with Gasteiger partial charge in [-0.05, 0) is 70.5 Å². The quantitative estimate of drug-likeness (QED) is 0.404. The fourth-order valence-corrected chi connectivity index (χ4v) is 3.95. The molecule has 2 aliphatic rings. The average molecular weight is 469 g/mol. The zero-order chi connectivity index (χ0) is 25.8. The molecule has 1 saturated heterocycles. The van der Waals surface area contributed by atoms with Crippen molar-refractivity contribution in [3.8, 4) is 0 Å². The number of benzene rings is 1. The topological polar surface area (TPSA) is 15.3 Å². The molecule has 0 saturated carbocycles. The summed E-state index contributed by atoms with van der Waals surface area (Å²) in [5.41, 5.74) is 3.92. The largest absolute Gasteiger partial charge is 0.323 e. The number of hydrogen-bond donors (Lipinski definition) is 1. The molecule has 3 heteroatoms. The first-order valence-electron chi connectivity index (χ1n) is 12.8. The van der Waals surface area contributed by atoms with Gasteiger partial charge < -0.3 is 10.2 Å². The first kappa shape index (κ1) is 31.8. The highest BCUT2D eigenvalue weighted by atomic mass is 19.1. The minimum absolute atomic E-state index is 0.000915. The van der Waals surface area contributed by atoms with Crippen molar-refractivity contribution in [3.63, 3.8) is 0 Å². The molecule has 2 nitrogen and oxygen atoms in total. The molecule has 1 N–H and O–H groups in total. The van der Waals surface area contributed by atoms with Crippen LogP contribution in [0.15, 0.2) is 90.8 Å². The summed E-state index contributed by atoms with van der Waals surface area (Å²) in [7, 11) is 3.75. The molecule has 0 amide bonds.